The normalized spacial score (nSPS) is 29.2. The van der Waals surface area contributed by atoms with Gasteiger partial charge in [-0.15, -0.1) is 0 Å². The van der Waals surface area contributed by atoms with E-state index in [9.17, 15) is 18.7 Å². The van der Waals surface area contributed by atoms with E-state index in [1.54, 1.807) is 30.3 Å². The van der Waals surface area contributed by atoms with Gasteiger partial charge in [-0.2, -0.15) is 0 Å². The van der Waals surface area contributed by atoms with E-state index in [0.29, 0.717) is 18.5 Å². The molecule has 4 nitrogen and oxygen atoms in total. The Labute approximate surface area is 133 Å². The molecule has 0 spiro atoms. The van der Waals surface area contributed by atoms with Gasteiger partial charge >= 0.3 is 5.97 Å². The molecule has 23 heavy (non-hydrogen) atoms. The van der Waals surface area contributed by atoms with E-state index in [-0.39, 0.29) is 18.9 Å². The fraction of sp³-hybridized carbons (Fsp3) is 0.588. The molecule has 2 fully saturated rings. The van der Waals surface area contributed by atoms with Crippen LogP contribution in [0.2, 0.25) is 0 Å². The standard InChI is InChI=1S/C17H21F2NO3/c18-16(19)8-6-13(10-16)17(22,12-4-2-1-3-5-12)15(21)23-14-7-9-20-11-14/h1-5,13-14,20,22H,6-11H2/t13-,14?,17+/m1/s1. The summed E-state index contributed by atoms with van der Waals surface area (Å²) in [6.45, 7) is 1.26. The first-order valence-corrected chi connectivity index (χ1v) is 7.99. The number of hydrogen-bond acceptors (Lipinski definition) is 4. The van der Waals surface area contributed by atoms with Crippen molar-refractivity contribution in [2.24, 2.45) is 5.92 Å². The topological polar surface area (TPSA) is 58.6 Å². The van der Waals surface area contributed by atoms with Gasteiger partial charge in [-0.05, 0) is 24.9 Å². The number of aliphatic hydroxyl groups is 1. The lowest BCUT2D eigenvalue weighted by molar-refractivity contribution is -0.179. The van der Waals surface area contributed by atoms with Crippen molar-refractivity contribution in [1.82, 2.24) is 5.32 Å². The molecule has 126 valence electrons. The van der Waals surface area contributed by atoms with Gasteiger partial charge in [0.2, 0.25) is 5.92 Å². The summed E-state index contributed by atoms with van der Waals surface area (Å²) >= 11 is 0. The highest BCUT2D eigenvalue weighted by atomic mass is 19.3. The summed E-state index contributed by atoms with van der Waals surface area (Å²) in [5.41, 5.74) is -1.71. The summed E-state index contributed by atoms with van der Waals surface area (Å²) in [5, 5.41) is 14.2. The van der Waals surface area contributed by atoms with Gasteiger partial charge in [0, 0.05) is 25.3 Å². The Bertz CT molecular complexity index is 560. The predicted octanol–water partition coefficient (Wildman–Crippen LogP) is 2.21. The van der Waals surface area contributed by atoms with Gasteiger partial charge in [0.1, 0.15) is 6.10 Å². The zero-order chi connectivity index (χ0) is 16.5. The maximum absolute atomic E-state index is 13.6. The van der Waals surface area contributed by atoms with Crippen LogP contribution < -0.4 is 5.32 Å². The summed E-state index contributed by atoms with van der Waals surface area (Å²) in [5.74, 6) is -4.51. The third-order valence-corrected chi connectivity index (χ3v) is 4.81. The van der Waals surface area contributed by atoms with Crippen molar-refractivity contribution in [3.05, 3.63) is 35.9 Å². The molecular weight excluding hydrogens is 304 g/mol. The molecule has 3 atom stereocenters. The second-order valence-corrected chi connectivity index (χ2v) is 6.45. The average Bonchev–Trinajstić information content (AvgIpc) is 3.16. The Kier molecular flexibility index (Phi) is 4.38. The van der Waals surface area contributed by atoms with Crippen molar-refractivity contribution in [2.75, 3.05) is 13.1 Å². The summed E-state index contributed by atoms with van der Waals surface area (Å²) in [6, 6.07) is 8.28. The van der Waals surface area contributed by atoms with E-state index in [4.69, 9.17) is 4.74 Å². The molecule has 1 heterocycles. The minimum atomic E-state index is -2.84. The quantitative estimate of drug-likeness (QED) is 0.834. The molecule has 0 bridgehead atoms. The van der Waals surface area contributed by atoms with Crippen molar-refractivity contribution >= 4 is 5.97 Å². The highest BCUT2D eigenvalue weighted by Crippen LogP contribution is 2.48. The lowest BCUT2D eigenvalue weighted by atomic mass is 9.80. The fourth-order valence-corrected chi connectivity index (χ4v) is 3.49. The predicted molar refractivity (Wildman–Crippen MR) is 80.0 cm³/mol. The molecule has 6 heteroatoms. The molecule has 1 aliphatic heterocycles. The fourth-order valence-electron chi connectivity index (χ4n) is 3.49. The van der Waals surface area contributed by atoms with Gasteiger partial charge in [-0.1, -0.05) is 30.3 Å². The largest absolute Gasteiger partial charge is 0.459 e. The van der Waals surface area contributed by atoms with E-state index in [2.05, 4.69) is 5.32 Å². The van der Waals surface area contributed by atoms with Gasteiger partial charge in [0.15, 0.2) is 5.60 Å². The molecule has 2 aliphatic rings. The Balaban J connectivity index is 1.88. The van der Waals surface area contributed by atoms with Gasteiger partial charge in [-0.3, -0.25) is 0 Å². The first-order chi connectivity index (χ1) is 10.9. The van der Waals surface area contributed by atoms with Crippen LogP contribution in [0.25, 0.3) is 0 Å². The number of hydrogen-bond donors (Lipinski definition) is 2. The minimum absolute atomic E-state index is 0.0937. The van der Waals surface area contributed by atoms with Crippen molar-refractivity contribution in [3.63, 3.8) is 0 Å². The molecule has 1 aromatic rings. The first kappa shape index (κ1) is 16.3. The number of ether oxygens (including phenoxy) is 1. The molecular formula is C17H21F2NO3. The molecule has 1 aromatic carbocycles. The third-order valence-electron chi connectivity index (χ3n) is 4.81. The first-order valence-electron chi connectivity index (χ1n) is 7.99. The number of benzene rings is 1. The van der Waals surface area contributed by atoms with E-state index in [1.165, 1.54) is 0 Å². The Morgan fingerprint density at radius 1 is 1.30 bits per heavy atom. The summed E-state index contributed by atoms with van der Waals surface area (Å²) in [4.78, 5) is 12.7. The average molecular weight is 325 g/mol. The number of rotatable bonds is 4. The Morgan fingerprint density at radius 2 is 2.04 bits per heavy atom. The van der Waals surface area contributed by atoms with Crippen molar-refractivity contribution < 1.29 is 23.4 Å². The van der Waals surface area contributed by atoms with Crippen LogP contribution in [-0.2, 0) is 15.1 Å². The summed E-state index contributed by atoms with van der Waals surface area (Å²) in [7, 11) is 0. The summed E-state index contributed by atoms with van der Waals surface area (Å²) in [6.07, 6.45) is -0.380. The van der Waals surface area contributed by atoms with Crippen molar-refractivity contribution in [3.8, 4) is 0 Å². The highest BCUT2D eigenvalue weighted by molar-refractivity contribution is 5.82. The Hall–Kier alpha value is -1.53. The minimum Gasteiger partial charge on any atom is -0.459 e. The number of carbonyl (C=O) groups excluding carboxylic acids is 1. The number of nitrogens with one attached hydrogen (secondary N) is 1. The second-order valence-electron chi connectivity index (χ2n) is 6.45. The zero-order valence-electron chi connectivity index (χ0n) is 12.8. The van der Waals surface area contributed by atoms with Crippen LogP contribution in [0.3, 0.4) is 0 Å². The smallest absolute Gasteiger partial charge is 0.343 e. The molecule has 0 aromatic heterocycles. The third kappa shape index (κ3) is 3.23. The van der Waals surface area contributed by atoms with Crippen LogP contribution >= 0.6 is 0 Å². The lowest BCUT2D eigenvalue weighted by Gasteiger charge is -2.33. The SMILES string of the molecule is O=C(OC1CCNC1)[C@](O)(c1ccccc1)[C@@H]1CCC(F)(F)C1. The molecule has 1 saturated carbocycles. The van der Waals surface area contributed by atoms with Gasteiger partial charge < -0.3 is 15.2 Å². The monoisotopic (exact) mass is 325 g/mol. The van der Waals surface area contributed by atoms with Crippen molar-refractivity contribution in [2.45, 2.75) is 43.3 Å². The second kappa shape index (κ2) is 6.17. The van der Waals surface area contributed by atoms with E-state index >= 15 is 0 Å². The van der Waals surface area contributed by atoms with Crippen LogP contribution in [0, 0.1) is 5.92 Å². The molecule has 0 amide bonds. The van der Waals surface area contributed by atoms with Crippen LogP contribution in [0.5, 0.6) is 0 Å². The molecule has 1 unspecified atom stereocenters. The van der Waals surface area contributed by atoms with Crippen LogP contribution in [0.15, 0.2) is 30.3 Å². The Morgan fingerprint density at radius 3 is 2.61 bits per heavy atom. The molecule has 1 saturated heterocycles. The van der Waals surface area contributed by atoms with Crippen molar-refractivity contribution in [1.29, 1.82) is 0 Å². The van der Waals surface area contributed by atoms with Gasteiger partial charge in [0.25, 0.3) is 0 Å². The zero-order valence-corrected chi connectivity index (χ0v) is 12.8. The molecule has 2 N–H and O–H groups in total. The summed E-state index contributed by atoms with van der Waals surface area (Å²) < 4.78 is 32.7. The highest BCUT2D eigenvalue weighted by Gasteiger charge is 2.54. The molecule has 3 rings (SSSR count). The van der Waals surface area contributed by atoms with Gasteiger partial charge in [0.05, 0.1) is 0 Å². The van der Waals surface area contributed by atoms with Crippen LogP contribution in [0.4, 0.5) is 8.78 Å². The number of carbonyl (C=O) groups is 1. The van der Waals surface area contributed by atoms with E-state index in [0.717, 1.165) is 6.54 Å². The van der Waals surface area contributed by atoms with Crippen LogP contribution in [0.1, 0.15) is 31.2 Å². The number of halogens is 2. The maximum Gasteiger partial charge on any atom is 0.343 e. The number of alkyl halides is 2. The number of esters is 1. The van der Waals surface area contributed by atoms with Crippen LogP contribution in [-0.4, -0.2) is 36.2 Å². The van der Waals surface area contributed by atoms with E-state index in [1.807, 2.05) is 0 Å². The van der Waals surface area contributed by atoms with E-state index < -0.39 is 29.8 Å². The molecule has 1 aliphatic carbocycles. The molecule has 0 radical (unpaired) electrons. The lowest BCUT2D eigenvalue weighted by Crippen LogP contribution is -2.45. The van der Waals surface area contributed by atoms with Gasteiger partial charge in [-0.25, -0.2) is 13.6 Å². The maximum atomic E-state index is 13.6.